The molecule has 170 valence electrons. The third-order valence-electron chi connectivity index (χ3n) is 5.68. The molecule has 4 N–H and O–H groups in total. The Morgan fingerprint density at radius 2 is 1.94 bits per heavy atom. The number of nitrogens with zero attached hydrogens (tertiary/aromatic N) is 1. The summed E-state index contributed by atoms with van der Waals surface area (Å²) in [5, 5.41) is 5.00. The van der Waals surface area contributed by atoms with E-state index in [1.165, 1.54) is 0 Å². The number of benzene rings is 1. The van der Waals surface area contributed by atoms with Crippen molar-refractivity contribution in [3.63, 3.8) is 0 Å². The number of primary amides is 1. The normalized spacial score (nSPS) is 27.5. The molecule has 2 heterocycles. The lowest BCUT2D eigenvalue weighted by Crippen LogP contribution is -2.67. The van der Waals surface area contributed by atoms with Crippen molar-refractivity contribution in [2.24, 2.45) is 11.1 Å². The Morgan fingerprint density at radius 1 is 1.26 bits per heavy atom. The third kappa shape index (κ3) is 4.76. The van der Waals surface area contributed by atoms with Crippen LogP contribution in [0.25, 0.3) is 0 Å². The molecular weight excluding hydrogens is 400 g/mol. The monoisotopic (exact) mass is 432 g/mol. The molecular formula is C22H32N4O5. The second kappa shape index (κ2) is 8.03. The molecule has 9 nitrogen and oxygen atoms in total. The highest BCUT2D eigenvalue weighted by molar-refractivity contribution is 5.98. The summed E-state index contributed by atoms with van der Waals surface area (Å²) in [6.07, 6.45) is -0.460. The molecule has 4 amide bonds. The van der Waals surface area contributed by atoms with Crippen LogP contribution in [0.2, 0.25) is 0 Å². The molecule has 0 saturated carbocycles. The summed E-state index contributed by atoms with van der Waals surface area (Å²) >= 11 is 0. The summed E-state index contributed by atoms with van der Waals surface area (Å²) in [6, 6.07) is 4.43. The molecule has 1 unspecified atom stereocenters. The molecule has 0 bridgehead atoms. The minimum atomic E-state index is -0.966. The molecule has 3 rings (SSSR count). The van der Waals surface area contributed by atoms with Crippen molar-refractivity contribution >= 4 is 29.4 Å². The number of anilines is 2. The molecule has 2 aliphatic heterocycles. The van der Waals surface area contributed by atoms with Crippen molar-refractivity contribution in [2.45, 2.75) is 71.8 Å². The smallest absolute Gasteiger partial charge is 0.412 e. The van der Waals surface area contributed by atoms with E-state index < -0.39 is 29.0 Å². The van der Waals surface area contributed by atoms with Gasteiger partial charge >= 0.3 is 12.1 Å². The third-order valence-corrected chi connectivity index (χ3v) is 5.68. The summed E-state index contributed by atoms with van der Waals surface area (Å²) in [7, 11) is 0. The Hall–Kier alpha value is -2.81. The van der Waals surface area contributed by atoms with Gasteiger partial charge in [-0.25, -0.2) is 9.59 Å². The average molecular weight is 433 g/mol. The number of morpholine rings is 1. The van der Waals surface area contributed by atoms with Gasteiger partial charge in [0.1, 0.15) is 5.60 Å². The van der Waals surface area contributed by atoms with E-state index in [2.05, 4.69) is 15.5 Å². The Labute approximate surface area is 182 Å². The van der Waals surface area contributed by atoms with Gasteiger partial charge in [-0.2, -0.15) is 0 Å². The lowest BCUT2D eigenvalue weighted by molar-refractivity contribution is -0.136. The topological polar surface area (TPSA) is 123 Å². The number of nitrogens with two attached hydrogens (primary N) is 1. The van der Waals surface area contributed by atoms with Crippen molar-refractivity contribution < 1.29 is 23.9 Å². The maximum Gasteiger partial charge on any atom is 0.412 e. The molecule has 0 spiro atoms. The van der Waals surface area contributed by atoms with Crippen molar-refractivity contribution in [3.05, 3.63) is 23.8 Å². The zero-order valence-electron chi connectivity index (χ0n) is 18.9. The number of urea groups is 1. The number of nitrogens with one attached hydrogen (secondary N) is 2. The minimum Gasteiger partial charge on any atom is -0.444 e. The van der Waals surface area contributed by atoms with E-state index in [1.54, 1.807) is 20.8 Å². The number of carbonyl (C=O) groups is 3. The highest BCUT2D eigenvalue weighted by Crippen LogP contribution is 2.46. The first-order valence-electron chi connectivity index (χ1n) is 10.5. The van der Waals surface area contributed by atoms with Gasteiger partial charge in [-0.3, -0.25) is 15.4 Å². The fourth-order valence-corrected chi connectivity index (χ4v) is 4.71. The van der Waals surface area contributed by atoms with Crippen LogP contribution in [-0.4, -0.2) is 48.4 Å². The highest BCUT2D eigenvalue weighted by atomic mass is 16.6. The predicted molar refractivity (Wildman–Crippen MR) is 117 cm³/mol. The van der Waals surface area contributed by atoms with E-state index in [-0.39, 0.29) is 18.2 Å². The summed E-state index contributed by atoms with van der Waals surface area (Å²) < 4.78 is 11.4. The van der Waals surface area contributed by atoms with E-state index in [1.807, 2.05) is 39.0 Å². The van der Waals surface area contributed by atoms with Gasteiger partial charge < -0.3 is 20.1 Å². The number of hydrogen-bond acceptors (Lipinski definition) is 6. The Balaban J connectivity index is 1.98. The molecule has 4 atom stereocenters. The van der Waals surface area contributed by atoms with Gasteiger partial charge in [-0.1, -0.05) is 0 Å². The van der Waals surface area contributed by atoms with Crippen LogP contribution in [-0.2, 0) is 20.7 Å². The van der Waals surface area contributed by atoms with Gasteiger partial charge in [-0.05, 0) is 71.7 Å². The number of fused-ring (bicyclic) bond motifs is 3. The van der Waals surface area contributed by atoms with Crippen LogP contribution in [0.3, 0.4) is 0 Å². The van der Waals surface area contributed by atoms with Gasteiger partial charge in [-0.15, -0.1) is 0 Å². The summed E-state index contributed by atoms with van der Waals surface area (Å²) in [4.78, 5) is 38.8. The number of rotatable bonds is 2. The first-order chi connectivity index (χ1) is 14.3. The van der Waals surface area contributed by atoms with E-state index in [0.717, 1.165) is 11.3 Å². The number of ether oxygens (including phenoxy) is 2. The molecule has 0 aromatic heterocycles. The maximum absolute atomic E-state index is 13.1. The van der Waals surface area contributed by atoms with Crippen molar-refractivity contribution in [2.75, 3.05) is 16.8 Å². The van der Waals surface area contributed by atoms with Gasteiger partial charge in [0.15, 0.2) is 0 Å². The van der Waals surface area contributed by atoms with Crippen LogP contribution >= 0.6 is 0 Å². The van der Waals surface area contributed by atoms with Crippen LogP contribution in [0.5, 0.6) is 0 Å². The van der Waals surface area contributed by atoms with Crippen LogP contribution in [0.4, 0.5) is 21.0 Å². The molecule has 1 aromatic rings. The van der Waals surface area contributed by atoms with Crippen LogP contribution in [0, 0.1) is 5.41 Å². The molecule has 1 fully saturated rings. The second-order valence-electron chi connectivity index (χ2n) is 9.63. The van der Waals surface area contributed by atoms with Crippen LogP contribution < -0.4 is 21.3 Å². The first kappa shape index (κ1) is 22.9. The summed E-state index contributed by atoms with van der Waals surface area (Å²) in [6.45, 7) is 11.7. The summed E-state index contributed by atoms with van der Waals surface area (Å²) in [5.74, 6) is -0.448. The van der Waals surface area contributed by atoms with Crippen LogP contribution in [0.1, 0.15) is 47.1 Å². The Kier molecular flexibility index (Phi) is 5.92. The second-order valence-corrected chi connectivity index (χ2v) is 9.63. The van der Waals surface area contributed by atoms with E-state index in [0.29, 0.717) is 18.7 Å². The Morgan fingerprint density at radius 3 is 2.55 bits per heavy atom. The van der Waals surface area contributed by atoms with E-state index in [4.69, 9.17) is 15.2 Å². The number of amides is 4. The minimum absolute atomic E-state index is 0.0276. The molecule has 0 radical (unpaired) electrons. The molecule has 31 heavy (non-hydrogen) atoms. The lowest BCUT2D eigenvalue weighted by atomic mass is 9.69. The zero-order valence-corrected chi connectivity index (χ0v) is 18.9. The highest BCUT2D eigenvalue weighted by Gasteiger charge is 2.53. The van der Waals surface area contributed by atoms with Gasteiger partial charge in [0.2, 0.25) is 5.91 Å². The fourth-order valence-electron chi connectivity index (χ4n) is 4.71. The molecule has 1 aromatic carbocycles. The molecule has 1 saturated heterocycles. The zero-order chi connectivity index (χ0) is 23.1. The number of carbonyl (C=O) groups excluding carboxylic acids is 3. The molecule has 0 aliphatic carbocycles. The fraction of sp³-hybridized carbons (Fsp3) is 0.591. The van der Waals surface area contributed by atoms with E-state index in [9.17, 15) is 14.4 Å². The van der Waals surface area contributed by atoms with Crippen molar-refractivity contribution in [1.29, 1.82) is 0 Å². The quantitative estimate of drug-likeness (QED) is 0.660. The van der Waals surface area contributed by atoms with Gasteiger partial charge in [0.25, 0.3) is 0 Å². The lowest BCUT2D eigenvalue weighted by Gasteiger charge is -2.54. The maximum atomic E-state index is 13.1. The van der Waals surface area contributed by atoms with Gasteiger partial charge in [0, 0.05) is 17.9 Å². The predicted octanol–water partition coefficient (Wildman–Crippen LogP) is 2.77. The van der Waals surface area contributed by atoms with Crippen LogP contribution in [0.15, 0.2) is 18.2 Å². The summed E-state index contributed by atoms with van der Waals surface area (Å²) in [5.41, 5.74) is 6.08. The Bertz CT molecular complexity index is 896. The van der Waals surface area contributed by atoms with Gasteiger partial charge in [0.05, 0.1) is 23.7 Å². The standard InChI is InChI=1S/C22H32N4O5/c1-12-11-26-16-8-7-15(24-20(29)31-21(3,4)5)9-14(16)10-22(6,17(26)13(2)30-12)18(27)25-19(23)28/h7-9,12-13,17H,10-11H2,1-6H3,(H,24,29)(H3,23,25,27,28)/t12-,13+,17?,22-/m1/s1. The largest absolute Gasteiger partial charge is 0.444 e. The average Bonchev–Trinajstić information content (AvgIpc) is 2.58. The van der Waals surface area contributed by atoms with Crippen molar-refractivity contribution in [3.8, 4) is 0 Å². The number of imide groups is 1. The molecule has 9 heteroatoms. The first-order valence-corrected chi connectivity index (χ1v) is 10.5. The molecule has 2 aliphatic rings. The number of hydrogen-bond donors (Lipinski definition) is 3. The van der Waals surface area contributed by atoms with E-state index >= 15 is 0 Å². The van der Waals surface area contributed by atoms with Crippen molar-refractivity contribution in [1.82, 2.24) is 5.32 Å². The SMILES string of the molecule is C[C@@H]1CN2c3ccc(NC(=O)OC(C)(C)C)cc3C[C@@](C)(C(=O)NC(N)=O)C2[C@H](C)O1.